The average molecular weight is 298 g/mol. The summed E-state index contributed by atoms with van der Waals surface area (Å²) < 4.78 is 11.3. The molecule has 0 amide bonds. The number of nitrogens with zero attached hydrogens (tertiary/aromatic N) is 2. The van der Waals surface area contributed by atoms with Crippen molar-refractivity contribution in [2.45, 2.75) is 25.8 Å². The molecule has 0 aliphatic carbocycles. The van der Waals surface area contributed by atoms with Gasteiger partial charge >= 0.3 is 5.69 Å². The second kappa shape index (κ2) is 6.65. The fourth-order valence-corrected chi connectivity index (χ4v) is 3.42. The van der Waals surface area contributed by atoms with Crippen molar-refractivity contribution in [2.75, 3.05) is 28.7 Å². The molecule has 1 aromatic rings. The Morgan fingerprint density at radius 3 is 2.75 bits per heavy atom. The minimum atomic E-state index is -0.747. The number of rotatable bonds is 5. The number of nitro groups is 1. The van der Waals surface area contributed by atoms with Crippen LogP contribution in [0.2, 0.25) is 0 Å². The lowest BCUT2D eigenvalue weighted by atomic mass is 10.1. The van der Waals surface area contributed by atoms with Crippen molar-refractivity contribution in [1.29, 1.82) is 0 Å². The van der Waals surface area contributed by atoms with Crippen molar-refractivity contribution in [1.82, 2.24) is 4.98 Å². The summed E-state index contributed by atoms with van der Waals surface area (Å²) >= 11 is 0. The predicted molar refractivity (Wildman–Crippen MR) is 79.6 cm³/mol. The molecule has 0 aromatic carbocycles. The maximum absolute atomic E-state index is 11.3. The lowest BCUT2D eigenvalue weighted by Gasteiger charge is -2.23. The summed E-state index contributed by atoms with van der Waals surface area (Å²) in [5.41, 5.74) is -0.0293. The molecule has 0 unspecified atom stereocenters. The first-order valence-corrected chi connectivity index (χ1v) is 8.09. The minimum absolute atomic E-state index is 0.0293. The zero-order chi connectivity index (χ0) is 14.5. The Morgan fingerprint density at radius 1 is 1.45 bits per heavy atom. The summed E-state index contributed by atoms with van der Waals surface area (Å²) in [5, 5.41) is 17.2. The van der Waals surface area contributed by atoms with E-state index < -0.39 is 15.7 Å². The van der Waals surface area contributed by atoms with E-state index in [-0.39, 0.29) is 17.5 Å². The number of aromatic nitrogens is 1. The van der Waals surface area contributed by atoms with Gasteiger partial charge in [-0.1, -0.05) is 0 Å². The van der Waals surface area contributed by atoms with E-state index in [1.54, 1.807) is 6.07 Å². The van der Waals surface area contributed by atoms with Gasteiger partial charge in [0, 0.05) is 41.0 Å². The highest BCUT2D eigenvalue weighted by Gasteiger charge is 2.22. The fourth-order valence-electron chi connectivity index (χ4n) is 2.12. The van der Waals surface area contributed by atoms with Crippen LogP contribution in [0.4, 0.5) is 17.3 Å². The molecule has 0 bridgehead atoms. The van der Waals surface area contributed by atoms with E-state index in [4.69, 9.17) is 0 Å². The predicted octanol–water partition coefficient (Wildman–Crippen LogP) is 1.74. The molecule has 7 nitrogen and oxygen atoms in total. The van der Waals surface area contributed by atoms with E-state index in [1.165, 1.54) is 6.07 Å². The van der Waals surface area contributed by atoms with E-state index >= 15 is 0 Å². The molecule has 0 atom stereocenters. The van der Waals surface area contributed by atoms with Crippen LogP contribution in [0.25, 0.3) is 0 Å². The van der Waals surface area contributed by atoms with Gasteiger partial charge in [0.15, 0.2) is 0 Å². The van der Waals surface area contributed by atoms with Gasteiger partial charge in [0.1, 0.15) is 5.82 Å². The molecule has 2 N–H and O–H groups in total. The molecule has 0 spiro atoms. The second-order valence-corrected chi connectivity index (χ2v) is 6.31. The van der Waals surface area contributed by atoms with Gasteiger partial charge in [-0.05, 0) is 25.8 Å². The van der Waals surface area contributed by atoms with Gasteiger partial charge in [-0.3, -0.25) is 14.3 Å². The third-order valence-electron chi connectivity index (χ3n) is 3.16. The molecule has 8 heteroatoms. The third-order valence-corrected chi connectivity index (χ3v) is 4.54. The highest BCUT2D eigenvalue weighted by atomic mass is 32.2. The van der Waals surface area contributed by atoms with Crippen LogP contribution in [0.15, 0.2) is 12.1 Å². The summed E-state index contributed by atoms with van der Waals surface area (Å²) in [6.45, 7) is 2.64. The van der Waals surface area contributed by atoms with Gasteiger partial charge in [0.05, 0.1) is 4.92 Å². The molecule has 1 aromatic heterocycles. The van der Waals surface area contributed by atoms with Crippen LogP contribution in [-0.4, -0.2) is 38.2 Å². The first-order chi connectivity index (χ1) is 9.60. The normalized spacial score (nSPS) is 22.2. The van der Waals surface area contributed by atoms with Crippen molar-refractivity contribution in [3.05, 3.63) is 22.2 Å². The third kappa shape index (κ3) is 3.66. The van der Waals surface area contributed by atoms with Gasteiger partial charge < -0.3 is 10.6 Å². The standard InChI is InChI=1S/C12H18N4O3S/c1-2-13-11-4-3-10(16(17)18)12(15-11)14-9-5-7-20(19)8-6-9/h3-4,9H,2,5-8H2,1H3,(H2,13,14,15). The Bertz CT molecular complexity index is 513. The van der Waals surface area contributed by atoms with Crippen molar-refractivity contribution in [3.8, 4) is 0 Å². The highest BCUT2D eigenvalue weighted by Crippen LogP contribution is 2.26. The molecule has 1 saturated heterocycles. The summed E-state index contributed by atoms with van der Waals surface area (Å²) in [6, 6.07) is 3.15. The van der Waals surface area contributed by atoms with Gasteiger partial charge in [0.25, 0.3) is 0 Å². The minimum Gasteiger partial charge on any atom is -0.370 e. The summed E-state index contributed by atoms with van der Waals surface area (Å²) in [4.78, 5) is 14.9. The highest BCUT2D eigenvalue weighted by molar-refractivity contribution is 7.85. The quantitative estimate of drug-likeness (QED) is 0.635. The molecule has 0 saturated carbocycles. The molecular formula is C12H18N4O3S. The van der Waals surface area contributed by atoms with Crippen LogP contribution < -0.4 is 10.6 Å². The van der Waals surface area contributed by atoms with E-state index in [0.717, 1.165) is 12.8 Å². The SMILES string of the molecule is CCNc1ccc([N+](=O)[O-])c(NC2CCS(=O)CC2)n1. The summed E-state index contributed by atoms with van der Waals surface area (Å²) in [5.74, 6) is 2.17. The Hall–Kier alpha value is -1.70. The molecule has 0 radical (unpaired) electrons. The summed E-state index contributed by atoms with van der Waals surface area (Å²) in [6.07, 6.45) is 1.49. The Balaban J connectivity index is 2.16. The van der Waals surface area contributed by atoms with Crippen molar-refractivity contribution in [2.24, 2.45) is 0 Å². The largest absolute Gasteiger partial charge is 0.370 e. The maximum atomic E-state index is 11.3. The molecule has 1 aliphatic rings. The Morgan fingerprint density at radius 2 is 2.15 bits per heavy atom. The van der Waals surface area contributed by atoms with Gasteiger partial charge in [-0.15, -0.1) is 0 Å². The Kier molecular flexibility index (Phi) is 4.89. The van der Waals surface area contributed by atoms with Crippen LogP contribution in [0.5, 0.6) is 0 Å². The van der Waals surface area contributed by atoms with Crippen LogP contribution in [0.1, 0.15) is 19.8 Å². The van der Waals surface area contributed by atoms with Crippen molar-refractivity contribution in [3.63, 3.8) is 0 Å². The van der Waals surface area contributed by atoms with E-state index in [2.05, 4.69) is 15.6 Å². The summed E-state index contributed by atoms with van der Waals surface area (Å²) in [7, 11) is -0.747. The number of nitrogens with one attached hydrogen (secondary N) is 2. The molecular weight excluding hydrogens is 280 g/mol. The van der Waals surface area contributed by atoms with Crippen molar-refractivity contribution >= 4 is 28.1 Å². The van der Waals surface area contributed by atoms with E-state index in [0.29, 0.717) is 23.9 Å². The molecule has 1 fully saturated rings. The topological polar surface area (TPSA) is 97.2 Å². The lowest BCUT2D eigenvalue weighted by Crippen LogP contribution is -2.30. The van der Waals surface area contributed by atoms with Crippen molar-refractivity contribution < 1.29 is 9.13 Å². The van der Waals surface area contributed by atoms with Crippen LogP contribution in [0, 0.1) is 10.1 Å². The molecule has 20 heavy (non-hydrogen) atoms. The fraction of sp³-hybridized carbons (Fsp3) is 0.583. The second-order valence-electron chi connectivity index (χ2n) is 4.62. The number of hydrogen-bond acceptors (Lipinski definition) is 6. The Labute approximate surface area is 119 Å². The van der Waals surface area contributed by atoms with Gasteiger partial charge in [-0.25, -0.2) is 4.98 Å². The van der Waals surface area contributed by atoms with Gasteiger partial charge in [-0.2, -0.15) is 0 Å². The zero-order valence-corrected chi connectivity index (χ0v) is 12.1. The molecule has 1 aliphatic heterocycles. The smallest absolute Gasteiger partial charge is 0.311 e. The van der Waals surface area contributed by atoms with E-state index in [9.17, 15) is 14.3 Å². The first kappa shape index (κ1) is 14.7. The molecule has 2 heterocycles. The van der Waals surface area contributed by atoms with Crippen LogP contribution in [-0.2, 0) is 10.8 Å². The number of pyridine rings is 1. The monoisotopic (exact) mass is 298 g/mol. The average Bonchev–Trinajstić information content (AvgIpc) is 2.42. The molecule has 110 valence electrons. The van der Waals surface area contributed by atoms with Crippen LogP contribution >= 0.6 is 0 Å². The zero-order valence-electron chi connectivity index (χ0n) is 11.3. The van der Waals surface area contributed by atoms with Crippen LogP contribution in [0.3, 0.4) is 0 Å². The lowest BCUT2D eigenvalue weighted by molar-refractivity contribution is -0.384. The molecule has 2 rings (SSSR count). The van der Waals surface area contributed by atoms with Gasteiger partial charge in [0.2, 0.25) is 5.82 Å². The van der Waals surface area contributed by atoms with E-state index in [1.807, 2.05) is 6.92 Å². The number of anilines is 2. The number of hydrogen-bond donors (Lipinski definition) is 2. The maximum Gasteiger partial charge on any atom is 0.311 e. The first-order valence-electron chi connectivity index (χ1n) is 6.61.